The first-order chi connectivity index (χ1) is 12.8. The van der Waals surface area contributed by atoms with E-state index in [1.54, 1.807) is 19.9 Å². The Balaban J connectivity index is 2.07. The molecule has 0 unspecified atom stereocenters. The maximum absolute atomic E-state index is 11.3. The molecule has 0 aliphatic heterocycles. The monoisotopic (exact) mass is 390 g/mol. The first-order valence-corrected chi connectivity index (χ1v) is 7.81. The van der Waals surface area contributed by atoms with Crippen molar-refractivity contribution < 1.29 is 14.4 Å². The number of non-ortho nitro benzene ring substituents is 1. The van der Waals surface area contributed by atoms with Crippen LogP contribution in [0.3, 0.4) is 0 Å². The van der Waals surface area contributed by atoms with E-state index in [9.17, 15) is 20.2 Å². The van der Waals surface area contributed by atoms with Gasteiger partial charge in [-0.2, -0.15) is 5.10 Å². The van der Waals surface area contributed by atoms with E-state index in [0.29, 0.717) is 22.8 Å². The van der Waals surface area contributed by atoms with Crippen molar-refractivity contribution in [2.45, 2.75) is 13.8 Å². The molecular weight excluding hydrogens is 380 g/mol. The number of rotatable bonds is 5. The van der Waals surface area contributed by atoms with Crippen LogP contribution in [0.25, 0.3) is 5.69 Å². The minimum absolute atomic E-state index is 0.00405. The molecule has 0 fully saturated rings. The van der Waals surface area contributed by atoms with E-state index in [0.717, 1.165) is 16.8 Å². The predicted octanol–water partition coefficient (Wildman–Crippen LogP) is 3.70. The highest BCUT2D eigenvalue weighted by molar-refractivity contribution is 6.32. The topological polar surface area (TPSA) is 142 Å². The van der Waals surface area contributed by atoms with E-state index in [1.807, 2.05) is 0 Å². The number of aryl methyl sites for hydroxylation is 2. The Morgan fingerprint density at radius 2 is 1.96 bits per heavy atom. The van der Waals surface area contributed by atoms with Crippen LogP contribution in [-0.4, -0.2) is 31.0 Å². The van der Waals surface area contributed by atoms with Gasteiger partial charge < -0.3 is 4.52 Å². The summed E-state index contributed by atoms with van der Waals surface area (Å²) in [5, 5.41) is 30.2. The summed E-state index contributed by atoms with van der Waals surface area (Å²) >= 11 is 6.32. The lowest BCUT2D eigenvalue weighted by atomic mass is 10.2. The first-order valence-electron chi connectivity index (χ1n) is 7.43. The van der Waals surface area contributed by atoms with E-state index in [2.05, 4.69) is 15.2 Å². The highest BCUT2D eigenvalue weighted by atomic mass is 35.5. The molecule has 0 radical (unpaired) electrons. The minimum Gasteiger partial charge on any atom is -0.359 e. The molecule has 0 aliphatic carbocycles. The van der Waals surface area contributed by atoms with Crippen molar-refractivity contribution in [2.24, 2.45) is 4.99 Å². The van der Waals surface area contributed by atoms with Gasteiger partial charge in [-0.15, -0.1) is 0 Å². The molecule has 0 saturated carbocycles. The van der Waals surface area contributed by atoms with E-state index >= 15 is 0 Å². The van der Waals surface area contributed by atoms with Crippen LogP contribution in [0.5, 0.6) is 0 Å². The summed E-state index contributed by atoms with van der Waals surface area (Å²) in [5.74, 6) is 0.916. The van der Waals surface area contributed by atoms with Crippen LogP contribution in [0.4, 0.5) is 17.2 Å². The third-order valence-corrected chi connectivity index (χ3v) is 3.95. The number of nitro benzene ring substituents is 2. The van der Waals surface area contributed by atoms with Crippen molar-refractivity contribution in [1.82, 2.24) is 14.9 Å². The largest absolute Gasteiger partial charge is 0.359 e. The number of aliphatic imine (C=N–C) groups is 1. The maximum atomic E-state index is 11.3. The van der Waals surface area contributed by atoms with Gasteiger partial charge in [0.2, 0.25) is 0 Å². The van der Waals surface area contributed by atoms with Gasteiger partial charge in [0, 0.05) is 18.3 Å². The normalized spacial score (nSPS) is 11.2. The third-order valence-electron chi connectivity index (χ3n) is 3.58. The zero-order valence-corrected chi connectivity index (χ0v) is 14.7. The molecule has 138 valence electrons. The van der Waals surface area contributed by atoms with Gasteiger partial charge in [0.1, 0.15) is 16.6 Å². The summed E-state index contributed by atoms with van der Waals surface area (Å²) < 4.78 is 6.05. The summed E-state index contributed by atoms with van der Waals surface area (Å²) in [7, 11) is 0. The van der Waals surface area contributed by atoms with Crippen molar-refractivity contribution in [2.75, 3.05) is 0 Å². The van der Waals surface area contributed by atoms with Crippen LogP contribution in [0.15, 0.2) is 33.8 Å². The SMILES string of the molecule is Cc1cc(N=Cc2c(C)nn(-c3ccc([N+](=O)[O-])cc3[N+](=O)[O-])c2Cl)no1. The second kappa shape index (κ2) is 6.96. The standard InChI is InChI=1S/C15H11ClN6O5/c1-8-5-14(19-27-8)17-7-11-9(2)18-20(15(11)16)12-4-3-10(21(23)24)6-13(12)22(25)26/h3-7H,1-2H3. The fraction of sp³-hybridized carbons (Fsp3) is 0.133. The van der Waals surface area contributed by atoms with Crippen molar-refractivity contribution in [3.63, 3.8) is 0 Å². The molecule has 27 heavy (non-hydrogen) atoms. The molecule has 2 heterocycles. The van der Waals surface area contributed by atoms with Gasteiger partial charge in [-0.3, -0.25) is 20.2 Å². The minimum atomic E-state index is -0.735. The Morgan fingerprint density at radius 1 is 1.22 bits per heavy atom. The second-order valence-electron chi connectivity index (χ2n) is 5.44. The van der Waals surface area contributed by atoms with Gasteiger partial charge in [0.15, 0.2) is 5.82 Å². The van der Waals surface area contributed by atoms with Crippen LogP contribution in [-0.2, 0) is 0 Å². The number of nitrogens with zero attached hydrogens (tertiary/aromatic N) is 6. The van der Waals surface area contributed by atoms with E-state index in [-0.39, 0.29) is 10.8 Å². The second-order valence-corrected chi connectivity index (χ2v) is 5.80. The predicted molar refractivity (Wildman–Crippen MR) is 95.1 cm³/mol. The van der Waals surface area contributed by atoms with E-state index < -0.39 is 21.2 Å². The maximum Gasteiger partial charge on any atom is 0.301 e. The van der Waals surface area contributed by atoms with E-state index in [1.165, 1.54) is 12.3 Å². The summed E-state index contributed by atoms with van der Waals surface area (Å²) in [5.41, 5.74) is -0.0323. The number of aromatic nitrogens is 3. The Bertz CT molecular complexity index is 1090. The Hall–Kier alpha value is -3.60. The molecule has 0 spiro atoms. The molecule has 12 heteroatoms. The van der Waals surface area contributed by atoms with Crippen LogP contribution in [0.2, 0.25) is 5.15 Å². The van der Waals surface area contributed by atoms with Gasteiger partial charge in [-0.05, 0) is 19.9 Å². The number of hydrogen-bond donors (Lipinski definition) is 0. The molecule has 0 bridgehead atoms. The Kier molecular flexibility index (Phi) is 4.69. The molecule has 11 nitrogen and oxygen atoms in total. The third kappa shape index (κ3) is 3.53. The molecule has 0 aliphatic rings. The van der Waals surface area contributed by atoms with Gasteiger partial charge in [-0.1, -0.05) is 16.8 Å². The van der Waals surface area contributed by atoms with Gasteiger partial charge in [0.25, 0.3) is 5.69 Å². The quantitative estimate of drug-likeness (QED) is 0.367. The summed E-state index contributed by atoms with van der Waals surface area (Å²) in [6.45, 7) is 3.37. The average Bonchev–Trinajstić information content (AvgIpc) is 3.15. The van der Waals surface area contributed by atoms with Crippen molar-refractivity contribution in [3.8, 4) is 5.69 Å². The lowest BCUT2D eigenvalue weighted by molar-refractivity contribution is -0.394. The molecule has 0 saturated heterocycles. The fourth-order valence-corrected chi connectivity index (χ4v) is 2.63. The van der Waals surface area contributed by atoms with Crippen molar-refractivity contribution in [3.05, 3.63) is 66.7 Å². The smallest absolute Gasteiger partial charge is 0.301 e. The molecule has 0 atom stereocenters. The van der Waals surface area contributed by atoms with Crippen LogP contribution >= 0.6 is 11.6 Å². The molecule has 0 amide bonds. The summed E-state index contributed by atoms with van der Waals surface area (Å²) in [4.78, 5) is 24.9. The molecule has 3 rings (SSSR count). The highest BCUT2D eigenvalue weighted by Gasteiger charge is 2.24. The zero-order chi connectivity index (χ0) is 19.7. The fourth-order valence-electron chi connectivity index (χ4n) is 2.31. The van der Waals surface area contributed by atoms with Gasteiger partial charge in [-0.25, -0.2) is 9.67 Å². The molecule has 1 aromatic carbocycles. The lowest BCUT2D eigenvalue weighted by Crippen LogP contribution is -2.03. The Labute approximate surface area is 156 Å². The van der Waals surface area contributed by atoms with Crippen LogP contribution in [0.1, 0.15) is 17.0 Å². The molecular formula is C15H11ClN6O5. The average molecular weight is 391 g/mol. The summed E-state index contributed by atoms with van der Waals surface area (Å²) in [6.07, 6.45) is 1.41. The van der Waals surface area contributed by atoms with Gasteiger partial charge in [0.05, 0.1) is 27.2 Å². The lowest BCUT2D eigenvalue weighted by Gasteiger charge is -2.04. The van der Waals surface area contributed by atoms with Crippen molar-refractivity contribution in [1.29, 1.82) is 0 Å². The number of nitro groups is 2. The Morgan fingerprint density at radius 3 is 2.56 bits per heavy atom. The highest BCUT2D eigenvalue weighted by Crippen LogP contribution is 2.31. The number of halogens is 1. The van der Waals surface area contributed by atoms with Crippen LogP contribution < -0.4 is 0 Å². The molecule has 3 aromatic rings. The first kappa shape index (κ1) is 18.2. The van der Waals surface area contributed by atoms with Gasteiger partial charge >= 0.3 is 5.69 Å². The molecule has 0 N–H and O–H groups in total. The van der Waals surface area contributed by atoms with Crippen molar-refractivity contribution >= 4 is 35.0 Å². The summed E-state index contributed by atoms with van der Waals surface area (Å²) in [6, 6.07) is 4.83. The number of hydrogen-bond acceptors (Lipinski definition) is 8. The zero-order valence-electron chi connectivity index (χ0n) is 14.0. The van der Waals surface area contributed by atoms with E-state index in [4.69, 9.17) is 16.1 Å². The van der Waals surface area contributed by atoms with Crippen LogP contribution in [0, 0.1) is 34.1 Å². The molecule has 2 aromatic heterocycles. The number of benzene rings is 1.